The van der Waals surface area contributed by atoms with Crippen LogP contribution in [0.15, 0.2) is 0 Å². The zero-order chi connectivity index (χ0) is 12.0. The molecule has 0 aromatic rings. The fourth-order valence-electron chi connectivity index (χ4n) is 2.12. The van der Waals surface area contributed by atoms with Crippen LogP contribution in [0.1, 0.15) is 25.7 Å². The number of hydrogen-bond donors (Lipinski definition) is 4. The van der Waals surface area contributed by atoms with E-state index >= 15 is 0 Å². The van der Waals surface area contributed by atoms with Crippen molar-refractivity contribution in [3.05, 3.63) is 0 Å². The summed E-state index contributed by atoms with van der Waals surface area (Å²) in [6.45, 7) is 1.13. The predicted octanol–water partition coefficient (Wildman–Crippen LogP) is -0.710. The Kier molecular flexibility index (Phi) is 4.54. The van der Waals surface area contributed by atoms with E-state index in [1.807, 2.05) is 0 Å². The van der Waals surface area contributed by atoms with Gasteiger partial charge in [-0.3, -0.25) is 4.79 Å². The molecule has 0 unspecified atom stereocenters. The molecule has 1 rings (SSSR count). The Labute approximate surface area is 95.1 Å². The third kappa shape index (κ3) is 3.10. The number of nitrogens with one attached hydrogen (secondary N) is 2. The highest BCUT2D eigenvalue weighted by Gasteiger charge is 2.39. The summed E-state index contributed by atoms with van der Waals surface area (Å²) in [6.07, 6.45) is 3.84. The summed E-state index contributed by atoms with van der Waals surface area (Å²) in [7, 11) is 0. The van der Waals surface area contributed by atoms with Crippen LogP contribution in [0.4, 0.5) is 4.79 Å². The first-order chi connectivity index (χ1) is 7.60. The molecule has 0 spiro atoms. The van der Waals surface area contributed by atoms with Crippen molar-refractivity contribution in [2.24, 2.45) is 16.9 Å². The first-order valence-electron chi connectivity index (χ1n) is 5.62. The number of primary amides is 1. The molecule has 1 aliphatic carbocycles. The summed E-state index contributed by atoms with van der Waals surface area (Å²) in [5.74, 6) is -0.00114. The first kappa shape index (κ1) is 12.8. The first-order valence-corrected chi connectivity index (χ1v) is 5.62. The maximum atomic E-state index is 11.9. The third-order valence-corrected chi connectivity index (χ3v) is 3.14. The van der Waals surface area contributed by atoms with Crippen molar-refractivity contribution in [1.82, 2.24) is 10.6 Å². The number of hydrogen-bond acceptors (Lipinski definition) is 3. The van der Waals surface area contributed by atoms with E-state index < -0.39 is 6.03 Å². The summed E-state index contributed by atoms with van der Waals surface area (Å²) in [6, 6.07) is -0.580. The Bertz CT molecular complexity index is 262. The van der Waals surface area contributed by atoms with Crippen LogP contribution < -0.4 is 22.1 Å². The van der Waals surface area contributed by atoms with Crippen molar-refractivity contribution in [2.75, 3.05) is 19.6 Å². The molecule has 3 amide bonds. The molecule has 16 heavy (non-hydrogen) atoms. The fourth-order valence-corrected chi connectivity index (χ4v) is 2.12. The van der Waals surface area contributed by atoms with Gasteiger partial charge in [-0.1, -0.05) is 12.8 Å². The lowest BCUT2D eigenvalue weighted by atomic mass is 9.85. The zero-order valence-electron chi connectivity index (χ0n) is 9.42. The van der Waals surface area contributed by atoms with Gasteiger partial charge in [0.05, 0.1) is 5.41 Å². The monoisotopic (exact) mass is 228 g/mol. The summed E-state index contributed by atoms with van der Waals surface area (Å²) in [5.41, 5.74) is 10.2. The highest BCUT2D eigenvalue weighted by atomic mass is 16.2. The largest absolute Gasteiger partial charge is 0.354 e. The molecule has 0 atom stereocenters. The van der Waals surface area contributed by atoms with Crippen molar-refractivity contribution in [3.8, 4) is 0 Å². The van der Waals surface area contributed by atoms with Crippen LogP contribution in [0.25, 0.3) is 0 Å². The topological polar surface area (TPSA) is 110 Å². The van der Waals surface area contributed by atoms with Crippen LogP contribution in [0.2, 0.25) is 0 Å². The quantitative estimate of drug-likeness (QED) is 0.466. The van der Waals surface area contributed by atoms with E-state index in [0.29, 0.717) is 19.6 Å². The second-order valence-corrected chi connectivity index (χ2v) is 4.24. The molecule has 92 valence electrons. The predicted molar refractivity (Wildman–Crippen MR) is 60.6 cm³/mol. The second kappa shape index (κ2) is 5.69. The van der Waals surface area contributed by atoms with Gasteiger partial charge in [-0.05, 0) is 12.8 Å². The third-order valence-electron chi connectivity index (χ3n) is 3.14. The molecule has 0 aromatic heterocycles. The van der Waals surface area contributed by atoms with Gasteiger partial charge in [-0.2, -0.15) is 0 Å². The minimum absolute atomic E-state index is 0.00114. The van der Waals surface area contributed by atoms with Gasteiger partial charge < -0.3 is 22.1 Å². The number of amides is 3. The lowest BCUT2D eigenvalue weighted by Gasteiger charge is -2.25. The molecule has 0 bridgehead atoms. The van der Waals surface area contributed by atoms with Gasteiger partial charge >= 0.3 is 6.03 Å². The molecule has 0 saturated heterocycles. The Morgan fingerprint density at radius 2 is 1.69 bits per heavy atom. The number of urea groups is 1. The Hall–Kier alpha value is -1.30. The van der Waals surface area contributed by atoms with Crippen molar-refractivity contribution in [1.29, 1.82) is 0 Å². The van der Waals surface area contributed by atoms with Crippen molar-refractivity contribution < 1.29 is 9.59 Å². The van der Waals surface area contributed by atoms with Gasteiger partial charge in [0.25, 0.3) is 0 Å². The van der Waals surface area contributed by atoms with E-state index in [-0.39, 0.29) is 11.3 Å². The molecule has 6 heteroatoms. The molecule has 0 aliphatic heterocycles. The summed E-state index contributed by atoms with van der Waals surface area (Å²) in [4.78, 5) is 22.3. The van der Waals surface area contributed by atoms with E-state index in [4.69, 9.17) is 11.5 Å². The molecule has 0 aromatic carbocycles. The normalized spacial score (nSPS) is 18.1. The maximum Gasteiger partial charge on any atom is 0.312 e. The molecule has 1 saturated carbocycles. The number of nitrogens with two attached hydrogens (primary N) is 2. The molecule has 0 radical (unpaired) electrons. The molecule has 1 fully saturated rings. The molecular weight excluding hydrogens is 208 g/mol. The molecule has 6 nitrogen and oxygen atoms in total. The van der Waals surface area contributed by atoms with Crippen LogP contribution in [-0.4, -0.2) is 31.6 Å². The molecular formula is C10H20N4O2. The van der Waals surface area contributed by atoms with Crippen LogP contribution >= 0.6 is 0 Å². The Morgan fingerprint density at radius 3 is 2.19 bits per heavy atom. The van der Waals surface area contributed by atoms with Crippen molar-refractivity contribution in [2.45, 2.75) is 25.7 Å². The van der Waals surface area contributed by atoms with Gasteiger partial charge in [0.15, 0.2) is 0 Å². The highest BCUT2D eigenvalue weighted by molar-refractivity contribution is 5.83. The molecule has 0 heterocycles. The summed E-state index contributed by atoms with van der Waals surface area (Å²) >= 11 is 0. The lowest BCUT2D eigenvalue weighted by molar-refractivity contribution is -0.130. The average molecular weight is 228 g/mol. The van der Waals surface area contributed by atoms with Gasteiger partial charge in [-0.15, -0.1) is 0 Å². The number of carbonyl (C=O) groups excluding carboxylic acids is 2. The maximum absolute atomic E-state index is 11.9. The average Bonchev–Trinajstić information content (AvgIpc) is 2.73. The van der Waals surface area contributed by atoms with Crippen molar-refractivity contribution in [3.63, 3.8) is 0 Å². The summed E-state index contributed by atoms with van der Waals surface area (Å²) < 4.78 is 0. The van der Waals surface area contributed by atoms with Crippen LogP contribution in [-0.2, 0) is 4.79 Å². The van der Waals surface area contributed by atoms with Crippen LogP contribution in [0, 0.1) is 5.41 Å². The Balaban J connectivity index is 2.30. The minimum atomic E-state index is -0.580. The van der Waals surface area contributed by atoms with E-state index in [1.54, 1.807) is 0 Å². The van der Waals surface area contributed by atoms with E-state index in [0.717, 1.165) is 25.7 Å². The van der Waals surface area contributed by atoms with E-state index in [1.165, 1.54) is 0 Å². The van der Waals surface area contributed by atoms with E-state index in [2.05, 4.69) is 10.6 Å². The zero-order valence-corrected chi connectivity index (χ0v) is 9.42. The minimum Gasteiger partial charge on any atom is -0.354 e. The van der Waals surface area contributed by atoms with Crippen LogP contribution in [0.5, 0.6) is 0 Å². The number of rotatable bonds is 5. The number of carbonyl (C=O) groups is 2. The van der Waals surface area contributed by atoms with Gasteiger partial charge in [-0.25, -0.2) is 4.79 Å². The highest BCUT2D eigenvalue weighted by Crippen LogP contribution is 2.37. The Morgan fingerprint density at radius 1 is 1.12 bits per heavy atom. The standard InChI is InChI=1S/C10H20N4O2/c11-7-10(3-1-2-4-10)8(15)13-5-6-14-9(12)16/h1-7,11H2,(H,13,15)(H3,12,14,16). The van der Waals surface area contributed by atoms with Gasteiger partial charge in [0.1, 0.15) is 0 Å². The lowest BCUT2D eigenvalue weighted by Crippen LogP contribution is -2.46. The van der Waals surface area contributed by atoms with Crippen molar-refractivity contribution >= 4 is 11.9 Å². The van der Waals surface area contributed by atoms with Gasteiger partial charge in [0, 0.05) is 19.6 Å². The molecule has 1 aliphatic rings. The van der Waals surface area contributed by atoms with E-state index in [9.17, 15) is 9.59 Å². The SMILES string of the molecule is NCC1(C(=O)NCCNC(N)=O)CCCC1. The molecule has 6 N–H and O–H groups in total. The second-order valence-electron chi connectivity index (χ2n) is 4.24. The smallest absolute Gasteiger partial charge is 0.312 e. The summed E-state index contributed by atoms with van der Waals surface area (Å²) in [5, 5.41) is 5.20. The van der Waals surface area contributed by atoms with Crippen LogP contribution in [0.3, 0.4) is 0 Å². The fraction of sp³-hybridized carbons (Fsp3) is 0.800. The van der Waals surface area contributed by atoms with Gasteiger partial charge in [0.2, 0.25) is 5.91 Å².